The third-order valence-corrected chi connectivity index (χ3v) is 3.07. The summed E-state index contributed by atoms with van der Waals surface area (Å²) in [6, 6.07) is 8.97. The Bertz CT molecular complexity index is 636. The molecule has 4 nitrogen and oxygen atoms in total. The molecule has 1 aromatic carbocycles. The van der Waals surface area contributed by atoms with Crippen LogP contribution in [0.2, 0.25) is 5.02 Å². The van der Waals surface area contributed by atoms with Crippen molar-refractivity contribution >= 4 is 39.2 Å². The quantitative estimate of drug-likeness (QED) is 0.912. The molecule has 0 bridgehead atoms. The van der Waals surface area contributed by atoms with E-state index in [2.05, 4.69) is 31.2 Å². The van der Waals surface area contributed by atoms with Crippen LogP contribution in [0.4, 0.5) is 11.6 Å². The van der Waals surface area contributed by atoms with E-state index in [0.29, 0.717) is 16.7 Å². The number of hydrogen-bond acceptors (Lipinski definition) is 4. The Labute approximate surface area is 118 Å². The fourth-order valence-corrected chi connectivity index (χ4v) is 1.91. The van der Waals surface area contributed by atoms with Gasteiger partial charge in [0.1, 0.15) is 11.8 Å². The highest BCUT2D eigenvalue weighted by atomic mass is 79.9. The topological polar surface area (TPSA) is 61.6 Å². The molecule has 18 heavy (non-hydrogen) atoms. The fourth-order valence-electron chi connectivity index (χ4n) is 1.40. The molecule has 0 unspecified atom stereocenters. The molecule has 6 heteroatoms. The van der Waals surface area contributed by atoms with Gasteiger partial charge in [0.05, 0.1) is 5.69 Å². The average Bonchev–Trinajstić information content (AvgIpc) is 2.33. The first kappa shape index (κ1) is 12.8. The van der Waals surface area contributed by atoms with Crippen LogP contribution in [0.3, 0.4) is 0 Å². The van der Waals surface area contributed by atoms with Crippen LogP contribution in [0.1, 0.15) is 11.4 Å². The molecule has 0 spiro atoms. The monoisotopic (exact) mass is 322 g/mol. The van der Waals surface area contributed by atoms with E-state index < -0.39 is 0 Å². The Morgan fingerprint density at radius 3 is 2.83 bits per heavy atom. The van der Waals surface area contributed by atoms with Crippen molar-refractivity contribution in [1.29, 1.82) is 5.26 Å². The van der Waals surface area contributed by atoms with Gasteiger partial charge in [0.25, 0.3) is 0 Å². The molecule has 2 rings (SSSR count). The summed E-state index contributed by atoms with van der Waals surface area (Å²) in [4.78, 5) is 8.28. The molecule has 0 aliphatic carbocycles. The van der Waals surface area contributed by atoms with Crippen molar-refractivity contribution in [2.24, 2.45) is 0 Å². The Morgan fingerprint density at radius 1 is 1.33 bits per heavy atom. The number of benzene rings is 1. The highest BCUT2D eigenvalue weighted by Crippen LogP contribution is 2.27. The highest BCUT2D eigenvalue weighted by molar-refractivity contribution is 9.10. The normalized spacial score (nSPS) is 9.89. The maximum atomic E-state index is 8.85. The van der Waals surface area contributed by atoms with Crippen molar-refractivity contribution in [3.63, 3.8) is 0 Å². The summed E-state index contributed by atoms with van der Waals surface area (Å²) in [7, 11) is 0. The zero-order chi connectivity index (χ0) is 13.1. The summed E-state index contributed by atoms with van der Waals surface area (Å²) in [5, 5.41) is 12.5. The molecule has 0 radical (unpaired) electrons. The molecule has 0 amide bonds. The molecule has 1 N–H and O–H groups in total. The van der Waals surface area contributed by atoms with Gasteiger partial charge in [0.15, 0.2) is 0 Å². The molecule has 2 aromatic rings. The summed E-state index contributed by atoms with van der Waals surface area (Å²) < 4.78 is 0.843. The van der Waals surface area contributed by atoms with Crippen molar-refractivity contribution in [2.45, 2.75) is 6.92 Å². The fraction of sp³-hybridized carbons (Fsp3) is 0.0833. The molecular formula is C12H8BrClN4. The first-order valence-corrected chi connectivity index (χ1v) is 6.23. The molecule has 0 atom stereocenters. The molecule has 0 aliphatic rings. The summed E-state index contributed by atoms with van der Waals surface area (Å²) in [6.45, 7) is 1.81. The summed E-state index contributed by atoms with van der Waals surface area (Å²) in [5.41, 5.74) is 1.79. The van der Waals surface area contributed by atoms with E-state index in [9.17, 15) is 0 Å². The molecule has 0 saturated carbocycles. The number of nitrogens with zero attached hydrogens (tertiary/aromatic N) is 3. The lowest BCUT2D eigenvalue weighted by Gasteiger charge is -2.08. The second-order valence-electron chi connectivity index (χ2n) is 3.58. The smallest absolute Gasteiger partial charge is 0.228 e. The van der Waals surface area contributed by atoms with E-state index in [4.69, 9.17) is 16.9 Å². The van der Waals surface area contributed by atoms with E-state index in [1.807, 2.05) is 12.1 Å². The first-order valence-electron chi connectivity index (χ1n) is 5.06. The predicted octanol–water partition coefficient (Wildman–Crippen LogP) is 3.82. The van der Waals surface area contributed by atoms with Crippen molar-refractivity contribution < 1.29 is 0 Å². The minimum absolute atomic E-state index is 0.322. The van der Waals surface area contributed by atoms with E-state index >= 15 is 0 Å². The SMILES string of the molecule is Cc1cc(C#N)nc(Nc2cc(Cl)ccc2Br)n1. The van der Waals surface area contributed by atoms with Crippen LogP contribution in [0.5, 0.6) is 0 Å². The van der Waals surface area contributed by atoms with Gasteiger partial charge in [0, 0.05) is 15.2 Å². The number of nitriles is 1. The summed E-state index contributed by atoms with van der Waals surface area (Å²) in [5.74, 6) is 0.370. The molecule has 1 aromatic heterocycles. The van der Waals surface area contributed by atoms with E-state index in [0.717, 1.165) is 15.9 Å². The van der Waals surface area contributed by atoms with Crippen LogP contribution in [0.25, 0.3) is 0 Å². The molecular weight excluding hydrogens is 316 g/mol. The van der Waals surface area contributed by atoms with Gasteiger partial charge in [-0.1, -0.05) is 11.6 Å². The second kappa shape index (κ2) is 5.34. The Hall–Kier alpha value is -1.64. The third-order valence-electron chi connectivity index (χ3n) is 2.14. The van der Waals surface area contributed by atoms with Crippen LogP contribution < -0.4 is 5.32 Å². The number of aryl methyl sites for hydroxylation is 1. The number of aromatic nitrogens is 2. The second-order valence-corrected chi connectivity index (χ2v) is 4.87. The van der Waals surface area contributed by atoms with Gasteiger partial charge in [-0.15, -0.1) is 0 Å². The number of nitrogens with one attached hydrogen (secondary N) is 1. The standard InChI is InChI=1S/C12H8BrClN4/c1-7-4-9(6-15)17-12(16-7)18-11-5-8(14)2-3-10(11)13/h2-5H,1H3,(H,16,17,18). The number of hydrogen-bond donors (Lipinski definition) is 1. The highest BCUT2D eigenvalue weighted by Gasteiger charge is 2.05. The van der Waals surface area contributed by atoms with Gasteiger partial charge in [-0.2, -0.15) is 5.26 Å². The van der Waals surface area contributed by atoms with Crippen LogP contribution in [0, 0.1) is 18.3 Å². The molecule has 0 fully saturated rings. The van der Waals surface area contributed by atoms with Crippen LogP contribution in [-0.4, -0.2) is 9.97 Å². The van der Waals surface area contributed by atoms with Gasteiger partial charge < -0.3 is 5.32 Å². The predicted molar refractivity (Wildman–Crippen MR) is 73.9 cm³/mol. The van der Waals surface area contributed by atoms with Crippen LogP contribution in [-0.2, 0) is 0 Å². The van der Waals surface area contributed by atoms with Crippen molar-refractivity contribution in [3.8, 4) is 6.07 Å². The molecule has 90 valence electrons. The number of anilines is 2. The minimum Gasteiger partial charge on any atom is -0.323 e. The number of halogens is 2. The Morgan fingerprint density at radius 2 is 2.11 bits per heavy atom. The maximum absolute atomic E-state index is 8.85. The number of rotatable bonds is 2. The van der Waals surface area contributed by atoms with Crippen LogP contribution >= 0.6 is 27.5 Å². The summed E-state index contributed by atoms with van der Waals surface area (Å²) >= 11 is 9.32. The Balaban J connectivity index is 2.37. The van der Waals surface area contributed by atoms with Gasteiger partial charge >= 0.3 is 0 Å². The largest absolute Gasteiger partial charge is 0.323 e. The van der Waals surface area contributed by atoms with Crippen molar-refractivity contribution in [2.75, 3.05) is 5.32 Å². The van der Waals surface area contributed by atoms with Gasteiger partial charge in [-0.25, -0.2) is 9.97 Å². The van der Waals surface area contributed by atoms with Gasteiger partial charge in [-0.05, 0) is 47.1 Å². The van der Waals surface area contributed by atoms with Gasteiger partial charge in [0.2, 0.25) is 5.95 Å². The molecule has 0 saturated heterocycles. The summed E-state index contributed by atoms with van der Waals surface area (Å²) in [6.07, 6.45) is 0. The zero-order valence-electron chi connectivity index (χ0n) is 9.41. The molecule has 1 heterocycles. The zero-order valence-corrected chi connectivity index (χ0v) is 11.7. The lowest BCUT2D eigenvalue weighted by Crippen LogP contribution is -2.00. The first-order chi connectivity index (χ1) is 8.58. The van der Waals surface area contributed by atoms with E-state index in [1.165, 1.54) is 0 Å². The van der Waals surface area contributed by atoms with Crippen molar-refractivity contribution in [1.82, 2.24) is 9.97 Å². The maximum Gasteiger partial charge on any atom is 0.228 e. The van der Waals surface area contributed by atoms with Crippen molar-refractivity contribution in [3.05, 3.63) is 45.1 Å². The van der Waals surface area contributed by atoms with E-state index in [1.54, 1.807) is 25.1 Å². The third kappa shape index (κ3) is 2.97. The lowest BCUT2D eigenvalue weighted by atomic mass is 10.3. The van der Waals surface area contributed by atoms with Crippen LogP contribution in [0.15, 0.2) is 28.7 Å². The van der Waals surface area contributed by atoms with E-state index in [-0.39, 0.29) is 0 Å². The Kier molecular flexibility index (Phi) is 3.80. The molecule has 0 aliphatic heterocycles. The lowest BCUT2D eigenvalue weighted by molar-refractivity contribution is 1.09. The average molecular weight is 324 g/mol. The van der Waals surface area contributed by atoms with Gasteiger partial charge in [-0.3, -0.25) is 0 Å². The minimum atomic E-state index is 0.322.